The second-order valence-corrected chi connectivity index (χ2v) is 8.34. The second-order valence-electron chi connectivity index (χ2n) is 8.34. The monoisotopic (exact) mass is 384 g/mol. The largest absolute Gasteiger partial charge is 0.497 e. The molecule has 146 valence electrons. The van der Waals surface area contributed by atoms with Crippen molar-refractivity contribution in [1.29, 1.82) is 0 Å². The molecule has 0 amide bonds. The van der Waals surface area contributed by atoms with Gasteiger partial charge < -0.3 is 13.8 Å². The van der Waals surface area contributed by atoms with Gasteiger partial charge in [0, 0.05) is 23.9 Å². The standard InChI is InChI=1S/C25H24N2O2/c1-25(2)13-20-21(24-22(25)14-26-29-24)16-27(23(20)18-7-5-4-6-8-18)15-17-9-11-19(28-3)12-10-17/h4-12,14,16H,13,15H2,1-3H3. The fraction of sp³-hybridized carbons (Fsp3) is 0.240. The van der Waals surface area contributed by atoms with Crippen LogP contribution in [0.15, 0.2) is 71.5 Å². The lowest BCUT2D eigenvalue weighted by atomic mass is 9.73. The third-order valence-corrected chi connectivity index (χ3v) is 5.91. The van der Waals surface area contributed by atoms with Gasteiger partial charge in [0.15, 0.2) is 5.76 Å². The number of rotatable bonds is 4. The summed E-state index contributed by atoms with van der Waals surface area (Å²) in [6.07, 6.45) is 5.05. The molecule has 4 heteroatoms. The minimum Gasteiger partial charge on any atom is -0.497 e. The van der Waals surface area contributed by atoms with E-state index in [1.54, 1.807) is 7.11 Å². The van der Waals surface area contributed by atoms with Crippen LogP contribution in [0, 0.1) is 0 Å². The Morgan fingerprint density at radius 2 is 1.83 bits per heavy atom. The average molecular weight is 384 g/mol. The molecule has 2 aromatic carbocycles. The van der Waals surface area contributed by atoms with Crippen molar-refractivity contribution in [1.82, 2.24) is 9.72 Å². The van der Waals surface area contributed by atoms with Gasteiger partial charge in [-0.05, 0) is 40.7 Å². The van der Waals surface area contributed by atoms with E-state index >= 15 is 0 Å². The van der Waals surface area contributed by atoms with E-state index in [0.717, 1.165) is 30.0 Å². The van der Waals surface area contributed by atoms with Crippen molar-refractivity contribution >= 4 is 0 Å². The molecule has 1 aliphatic carbocycles. The summed E-state index contributed by atoms with van der Waals surface area (Å²) >= 11 is 0. The zero-order valence-corrected chi connectivity index (χ0v) is 17.0. The quantitative estimate of drug-likeness (QED) is 0.453. The summed E-state index contributed by atoms with van der Waals surface area (Å²) in [6.45, 7) is 5.31. The summed E-state index contributed by atoms with van der Waals surface area (Å²) in [5.41, 5.74) is 7.37. The molecule has 0 saturated heterocycles. The minimum absolute atomic E-state index is 0.0157. The molecule has 4 aromatic rings. The molecule has 1 aliphatic rings. The van der Waals surface area contributed by atoms with Gasteiger partial charge >= 0.3 is 0 Å². The fourth-order valence-electron chi connectivity index (χ4n) is 4.42. The Morgan fingerprint density at radius 1 is 1.07 bits per heavy atom. The molecule has 0 unspecified atom stereocenters. The number of fused-ring (bicyclic) bond motifs is 3. The van der Waals surface area contributed by atoms with Crippen molar-refractivity contribution in [2.45, 2.75) is 32.2 Å². The maximum absolute atomic E-state index is 5.72. The molecule has 29 heavy (non-hydrogen) atoms. The molecule has 0 aliphatic heterocycles. The van der Waals surface area contributed by atoms with Gasteiger partial charge in [0.25, 0.3) is 0 Å². The zero-order valence-electron chi connectivity index (χ0n) is 17.0. The normalized spacial score (nSPS) is 14.3. The summed E-state index contributed by atoms with van der Waals surface area (Å²) in [7, 11) is 1.69. The van der Waals surface area contributed by atoms with Crippen molar-refractivity contribution in [3.05, 3.63) is 83.7 Å². The Hall–Kier alpha value is -3.27. The number of hydrogen-bond acceptors (Lipinski definition) is 3. The van der Waals surface area contributed by atoms with Crippen LogP contribution in [-0.2, 0) is 18.4 Å². The third-order valence-electron chi connectivity index (χ3n) is 5.91. The van der Waals surface area contributed by atoms with Crippen LogP contribution in [0.5, 0.6) is 5.75 Å². The SMILES string of the molecule is COc1ccc(Cn2cc3c(c2-c2ccccc2)CC(C)(C)c2cnoc2-3)cc1. The lowest BCUT2D eigenvalue weighted by Crippen LogP contribution is -2.24. The molecule has 5 rings (SSSR count). The van der Waals surface area contributed by atoms with Crippen molar-refractivity contribution in [2.24, 2.45) is 0 Å². The maximum atomic E-state index is 5.72. The predicted octanol–water partition coefficient (Wildman–Crippen LogP) is 5.70. The molecule has 0 spiro atoms. The van der Waals surface area contributed by atoms with Crippen LogP contribution in [0.4, 0.5) is 0 Å². The van der Waals surface area contributed by atoms with Gasteiger partial charge in [-0.1, -0.05) is 61.5 Å². The van der Waals surface area contributed by atoms with Gasteiger partial charge in [-0.25, -0.2) is 0 Å². The first-order valence-corrected chi connectivity index (χ1v) is 9.93. The maximum Gasteiger partial charge on any atom is 0.172 e. The molecular weight excluding hydrogens is 360 g/mol. The highest BCUT2D eigenvalue weighted by Gasteiger charge is 2.37. The van der Waals surface area contributed by atoms with Gasteiger partial charge in [-0.2, -0.15) is 0 Å². The Bertz CT molecular complexity index is 1150. The second kappa shape index (κ2) is 6.66. The van der Waals surface area contributed by atoms with Crippen molar-refractivity contribution in [2.75, 3.05) is 7.11 Å². The highest BCUT2D eigenvalue weighted by Crippen LogP contribution is 2.47. The molecule has 0 bridgehead atoms. The Morgan fingerprint density at radius 3 is 2.55 bits per heavy atom. The Labute approximate surface area is 170 Å². The molecule has 0 atom stereocenters. The Balaban J connectivity index is 1.68. The average Bonchev–Trinajstić information content (AvgIpc) is 3.35. The smallest absolute Gasteiger partial charge is 0.172 e. The fourth-order valence-corrected chi connectivity index (χ4v) is 4.42. The van der Waals surface area contributed by atoms with E-state index in [2.05, 4.69) is 72.2 Å². The summed E-state index contributed by atoms with van der Waals surface area (Å²) < 4.78 is 13.4. The zero-order chi connectivity index (χ0) is 20.0. The van der Waals surface area contributed by atoms with Crippen molar-refractivity contribution < 1.29 is 9.26 Å². The highest BCUT2D eigenvalue weighted by molar-refractivity contribution is 5.79. The van der Waals surface area contributed by atoms with E-state index in [4.69, 9.17) is 9.26 Å². The van der Waals surface area contributed by atoms with Gasteiger partial charge in [0.2, 0.25) is 0 Å². The summed E-state index contributed by atoms with van der Waals surface area (Å²) in [6, 6.07) is 18.9. The van der Waals surface area contributed by atoms with E-state index in [1.807, 2.05) is 18.3 Å². The summed E-state index contributed by atoms with van der Waals surface area (Å²) in [5.74, 6) is 1.78. The van der Waals surface area contributed by atoms with Crippen molar-refractivity contribution in [3.8, 4) is 28.3 Å². The van der Waals surface area contributed by atoms with E-state index < -0.39 is 0 Å². The molecule has 0 fully saturated rings. The molecule has 0 radical (unpaired) electrons. The number of benzene rings is 2. The van der Waals surface area contributed by atoms with Gasteiger partial charge in [-0.15, -0.1) is 0 Å². The van der Waals surface area contributed by atoms with E-state index in [-0.39, 0.29) is 5.41 Å². The number of nitrogens with zero attached hydrogens (tertiary/aromatic N) is 2. The number of aromatic nitrogens is 2. The first-order chi connectivity index (χ1) is 14.1. The van der Waals surface area contributed by atoms with Crippen molar-refractivity contribution in [3.63, 3.8) is 0 Å². The summed E-state index contributed by atoms with van der Waals surface area (Å²) in [5, 5.41) is 4.11. The van der Waals surface area contributed by atoms with Gasteiger partial charge in [-0.3, -0.25) is 0 Å². The van der Waals surface area contributed by atoms with Crippen LogP contribution in [0.3, 0.4) is 0 Å². The predicted molar refractivity (Wildman–Crippen MR) is 114 cm³/mol. The van der Waals surface area contributed by atoms with Gasteiger partial charge in [0.05, 0.1) is 19.0 Å². The van der Waals surface area contributed by atoms with Crippen LogP contribution in [0.2, 0.25) is 0 Å². The molecule has 2 heterocycles. The van der Waals surface area contributed by atoms with E-state index in [0.29, 0.717) is 0 Å². The van der Waals surface area contributed by atoms with Crippen LogP contribution < -0.4 is 4.74 Å². The molecule has 0 N–H and O–H groups in total. The van der Waals surface area contributed by atoms with E-state index in [9.17, 15) is 0 Å². The number of hydrogen-bond donors (Lipinski definition) is 0. The summed E-state index contributed by atoms with van der Waals surface area (Å²) in [4.78, 5) is 0. The Kier molecular flexibility index (Phi) is 4.09. The molecule has 0 saturated carbocycles. The first-order valence-electron chi connectivity index (χ1n) is 9.93. The van der Waals surface area contributed by atoms with Crippen LogP contribution >= 0.6 is 0 Å². The third kappa shape index (κ3) is 2.96. The lowest BCUT2D eigenvalue weighted by Gasteiger charge is -2.29. The van der Waals surface area contributed by atoms with Crippen LogP contribution in [0.1, 0.15) is 30.5 Å². The van der Waals surface area contributed by atoms with Gasteiger partial charge in [0.1, 0.15) is 5.75 Å². The lowest BCUT2D eigenvalue weighted by molar-refractivity contribution is 0.414. The van der Waals surface area contributed by atoms with E-state index in [1.165, 1.54) is 27.9 Å². The molecule has 2 aromatic heterocycles. The number of methoxy groups -OCH3 is 1. The molecule has 4 nitrogen and oxygen atoms in total. The first kappa shape index (κ1) is 17.8. The topological polar surface area (TPSA) is 40.2 Å². The minimum atomic E-state index is -0.0157. The van der Waals surface area contributed by atoms with Crippen LogP contribution in [-0.4, -0.2) is 16.8 Å². The van der Waals surface area contributed by atoms with Crippen LogP contribution in [0.25, 0.3) is 22.6 Å². The highest BCUT2D eigenvalue weighted by atomic mass is 16.5. The molecular formula is C25H24N2O2. The number of ether oxygens (including phenoxy) is 1.